The molecule has 0 radical (unpaired) electrons. The second-order valence-electron chi connectivity index (χ2n) is 17.8. The minimum atomic E-state index is -0.00469. The van der Waals surface area contributed by atoms with E-state index in [1.165, 1.54) is 98.6 Å². The van der Waals surface area contributed by atoms with Crippen molar-refractivity contribution in [3.63, 3.8) is 0 Å². The van der Waals surface area contributed by atoms with Crippen LogP contribution in [0.5, 0.6) is 0 Å². The van der Waals surface area contributed by atoms with E-state index in [4.69, 9.17) is 0 Å². The molecular formula is C44H48N2O2. The first-order chi connectivity index (χ1) is 23.2. The number of fused-ring (bicyclic) bond motifs is 2. The third-order valence-corrected chi connectivity index (χ3v) is 14.9. The number of carbonyl (C=O) groups excluding carboxylic acids is 2. The van der Waals surface area contributed by atoms with Crippen molar-refractivity contribution < 1.29 is 9.59 Å². The van der Waals surface area contributed by atoms with Crippen LogP contribution in [0.2, 0.25) is 0 Å². The zero-order valence-electron chi connectivity index (χ0n) is 28.5. The Morgan fingerprint density at radius 1 is 0.500 bits per heavy atom. The third kappa shape index (κ3) is 4.07. The van der Waals surface area contributed by atoms with Gasteiger partial charge in [-0.15, -0.1) is 0 Å². The van der Waals surface area contributed by atoms with Crippen molar-refractivity contribution in [3.8, 4) is 0 Å². The highest BCUT2D eigenvalue weighted by Gasteiger charge is 2.70. The van der Waals surface area contributed by atoms with Gasteiger partial charge in [0.1, 0.15) is 0 Å². The van der Waals surface area contributed by atoms with Gasteiger partial charge in [-0.3, -0.25) is 9.59 Å². The molecule has 4 aromatic rings. The van der Waals surface area contributed by atoms with Crippen LogP contribution in [0.4, 0.5) is 11.4 Å². The van der Waals surface area contributed by atoms with Crippen LogP contribution >= 0.6 is 0 Å². The summed E-state index contributed by atoms with van der Waals surface area (Å²) in [4.78, 5) is 24.3. The van der Waals surface area contributed by atoms with E-state index in [1.54, 1.807) is 25.0 Å². The van der Waals surface area contributed by atoms with Gasteiger partial charge in [0.15, 0.2) is 0 Å². The first-order valence-corrected chi connectivity index (χ1v) is 18.8. The first kappa shape index (κ1) is 29.3. The molecule has 12 rings (SSSR count). The largest absolute Gasteiger partial charge is 0.326 e. The Kier molecular flexibility index (Phi) is 6.07. The molecule has 48 heavy (non-hydrogen) atoms. The van der Waals surface area contributed by atoms with Gasteiger partial charge in [0.05, 0.1) is 0 Å². The van der Waals surface area contributed by atoms with Crippen LogP contribution in [0.3, 0.4) is 0 Å². The molecule has 8 aliphatic carbocycles. The molecule has 2 amide bonds. The molecule has 246 valence electrons. The van der Waals surface area contributed by atoms with Crippen LogP contribution in [0.1, 0.15) is 102 Å². The number of hydrogen-bond acceptors (Lipinski definition) is 2. The molecule has 0 aliphatic heterocycles. The van der Waals surface area contributed by atoms with Crippen molar-refractivity contribution in [2.75, 3.05) is 10.6 Å². The molecule has 0 aromatic heterocycles. The van der Waals surface area contributed by atoms with E-state index in [-0.39, 0.29) is 22.6 Å². The zero-order chi connectivity index (χ0) is 32.5. The van der Waals surface area contributed by atoms with Gasteiger partial charge in [-0.2, -0.15) is 0 Å². The van der Waals surface area contributed by atoms with E-state index in [1.807, 2.05) is 0 Å². The molecule has 4 aromatic carbocycles. The minimum Gasteiger partial charge on any atom is -0.326 e. The van der Waals surface area contributed by atoms with Crippen molar-refractivity contribution >= 4 is 44.7 Å². The number of amides is 2. The van der Waals surface area contributed by atoms with Gasteiger partial charge in [-0.25, -0.2) is 0 Å². The third-order valence-electron chi connectivity index (χ3n) is 14.9. The Hall–Kier alpha value is -3.66. The number of nitrogens with one attached hydrogen (secondary N) is 2. The van der Waals surface area contributed by atoms with Gasteiger partial charge < -0.3 is 10.6 Å². The summed E-state index contributed by atoms with van der Waals surface area (Å²) in [5.41, 5.74) is 6.27. The highest BCUT2D eigenvalue weighted by atomic mass is 16.2. The van der Waals surface area contributed by atoms with Crippen LogP contribution in [0, 0.1) is 34.5 Å². The normalized spacial score (nSPS) is 37.3. The van der Waals surface area contributed by atoms with Crippen molar-refractivity contribution in [1.82, 2.24) is 0 Å². The Bertz CT molecular complexity index is 1850. The molecular weight excluding hydrogens is 588 g/mol. The standard InChI is InChI=1S/C44H48N2O2/c1-27(47)45-39-13-11-37(33-7-3-5-9-35(33)39)41-17-29-15-30(18-41)22-43(21-29,25-41)44-23-31-16-32(24-44)20-42(19-31,26-44)38-12-14-40(46-28(2)48)36-10-6-4-8-34(36)38/h3-14,29-32H,15-26H2,1-2H3,(H,45,47)(H,46,48). The average Bonchev–Trinajstić information content (AvgIpc) is 3.03. The van der Waals surface area contributed by atoms with Gasteiger partial charge in [-0.05, 0) is 156 Å². The van der Waals surface area contributed by atoms with Gasteiger partial charge in [0.25, 0.3) is 0 Å². The number of hydrogen-bond donors (Lipinski definition) is 2. The molecule has 4 nitrogen and oxygen atoms in total. The average molecular weight is 637 g/mol. The fourth-order valence-electron chi connectivity index (χ4n) is 14.5. The molecule has 8 bridgehead atoms. The maximum Gasteiger partial charge on any atom is 0.221 e. The highest BCUT2D eigenvalue weighted by Crippen LogP contribution is 2.79. The lowest BCUT2D eigenvalue weighted by atomic mass is 9.30. The number of rotatable bonds is 5. The molecule has 0 heterocycles. The first-order valence-electron chi connectivity index (χ1n) is 18.8. The maximum atomic E-state index is 12.1. The van der Waals surface area contributed by atoms with E-state index in [0.717, 1.165) is 35.0 Å². The number of carbonyl (C=O) groups is 2. The van der Waals surface area contributed by atoms with Gasteiger partial charge in [0.2, 0.25) is 11.8 Å². The summed E-state index contributed by atoms with van der Waals surface area (Å²) in [7, 11) is 0. The van der Waals surface area contributed by atoms with Crippen molar-refractivity contribution in [3.05, 3.63) is 83.9 Å². The molecule has 4 atom stereocenters. The summed E-state index contributed by atoms with van der Waals surface area (Å²) >= 11 is 0. The predicted octanol–water partition coefficient (Wildman–Crippen LogP) is 10.3. The molecule has 0 saturated heterocycles. The Morgan fingerprint density at radius 2 is 0.854 bits per heavy atom. The summed E-state index contributed by atoms with van der Waals surface area (Å²) in [6, 6.07) is 27.0. The summed E-state index contributed by atoms with van der Waals surface area (Å²) in [5.74, 6) is 3.27. The van der Waals surface area contributed by atoms with Crippen molar-refractivity contribution in [1.29, 1.82) is 0 Å². The number of benzene rings is 4. The molecule has 4 heteroatoms. The van der Waals surface area contributed by atoms with E-state index < -0.39 is 0 Å². The van der Waals surface area contributed by atoms with E-state index in [0.29, 0.717) is 10.8 Å². The van der Waals surface area contributed by atoms with Crippen LogP contribution in [-0.2, 0) is 20.4 Å². The van der Waals surface area contributed by atoms with Crippen molar-refractivity contribution in [2.24, 2.45) is 34.5 Å². The van der Waals surface area contributed by atoms with E-state index in [9.17, 15) is 9.59 Å². The van der Waals surface area contributed by atoms with Crippen LogP contribution in [0.25, 0.3) is 21.5 Å². The van der Waals surface area contributed by atoms with Crippen molar-refractivity contribution in [2.45, 2.75) is 102 Å². The smallest absolute Gasteiger partial charge is 0.221 e. The summed E-state index contributed by atoms with van der Waals surface area (Å²) in [5, 5.41) is 11.4. The second kappa shape index (κ2) is 9.96. The number of anilines is 2. The molecule has 8 aliphatic rings. The predicted molar refractivity (Wildman–Crippen MR) is 194 cm³/mol. The second-order valence-corrected chi connectivity index (χ2v) is 17.8. The lowest BCUT2D eigenvalue weighted by Crippen LogP contribution is -2.66. The molecule has 2 N–H and O–H groups in total. The van der Waals surface area contributed by atoms with Gasteiger partial charge >= 0.3 is 0 Å². The Morgan fingerprint density at radius 3 is 1.21 bits per heavy atom. The SMILES string of the molecule is CC(=O)Nc1ccc(C23CC4CC(C2)CC(C25CC6CC(CC(c7ccc(NC(C)=O)c8ccccc78)(C6)C2)C5)(C4)C3)c2ccccc12. The summed E-state index contributed by atoms with van der Waals surface area (Å²) in [6.07, 6.45) is 16.6. The Balaban J connectivity index is 1.09. The van der Waals surface area contributed by atoms with Gasteiger partial charge in [-0.1, -0.05) is 60.7 Å². The molecule has 0 spiro atoms. The van der Waals surface area contributed by atoms with Crippen LogP contribution in [0.15, 0.2) is 72.8 Å². The zero-order valence-corrected chi connectivity index (χ0v) is 28.5. The van der Waals surface area contributed by atoms with E-state index in [2.05, 4.69) is 83.4 Å². The summed E-state index contributed by atoms with van der Waals surface area (Å²) < 4.78 is 0. The minimum absolute atomic E-state index is 0.00469. The lowest BCUT2D eigenvalue weighted by Gasteiger charge is -2.74. The van der Waals surface area contributed by atoms with Gasteiger partial charge in [0, 0.05) is 36.0 Å². The van der Waals surface area contributed by atoms with E-state index >= 15 is 0 Å². The molecule has 8 saturated carbocycles. The maximum absolute atomic E-state index is 12.1. The van der Waals surface area contributed by atoms with Crippen LogP contribution in [-0.4, -0.2) is 11.8 Å². The summed E-state index contributed by atoms with van der Waals surface area (Å²) in [6.45, 7) is 3.23. The molecule has 4 unspecified atom stereocenters. The molecule has 8 fully saturated rings. The quantitative estimate of drug-likeness (QED) is 0.229. The highest BCUT2D eigenvalue weighted by molar-refractivity contribution is 6.04. The lowest BCUT2D eigenvalue weighted by molar-refractivity contribution is -0.211. The Labute approximate surface area is 284 Å². The monoisotopic (exact) mass is 636 g/mol. The fraction of sp³-hybridized carbons (Fsp3) is 0.500. The van der Waals surface area contributed by atoms with Crippen LogP contribution < -0.4 is 10.6 Å². The fourth-order valence-corrected chi connectivity index (χ4v) is 14.5. The topological polar surface area (TPSA) is 58.2 Å².